The summed E-state index contributed by atoms with van der Waals surface area (Å²) in [5.74, 6) is 0.509. The number of aromatic nitrogens is 2. The molecule has 2 atom stereocenters. The molecule has 100 valence electrons. The number of hydrogen-bond donors (Lipinski definition) is 1. The molecule has 0 radical (unpaired) electrons. The minimum Gasteiger partial charge on any atom is -0.623 e. The Bertz CT molecular complexity index is 436. The van der Waals surface area contributed by atoms with E-state index in [4.69, 9.17) is 0 Å². The van der Waals surface area contributed by atoms with Gasteiger partial charge in [0.05, 0.1) is 6.54 Å². The van der Waals surface area contributed by atoms with Gasteiger partial charge in [-0.15, -0.1) is 5.10 Å². The lowest BCUT2D eigenvalue weighted by Crippen LogP contribution is -2.48. The highest BCUT2D eigenvalue weighted by molar-refractivity contribution is 7.15. The molecular weight excluding hydrogens is 252 g/mol. The minimum absolute atomic E-state index is 0.286. The second-order valence-electron chi connectivity index (χ2n) is 5.19. The molecule has 1 N–H and O–H groups in total. The minimum atomic E-state index is -0.934. The summed E-state index contributed by atoms with van der Waals surface area (Å²) in [6.45, 7) is 3.62. The lowest BCUT2D eigenvalue weighted by molar-refractivity contribution is 0.0843. The molecule has 7 heteroatoms. The first kappa shape index (κ1) is 12.4. The summed E-state index contributed by atoms with van der Waals surface area (Å²) in [7, 11) is 0. The Kier molecular flexibility index (Phi) is 3.11. The van der Waals surface area contributed by atoms with Gasteiger partial charge < -0.3 is 10.3 Å². The van der Waals surface area contributed by atoms with Crippen LogP contribution in [0.1, 0.15) is 37.1 Å². The van der Waals surface area contributed by atoms with Crippen molar-refractivity contribution in [3.63, 3.8) is 0 Å². The van der Waals surface area contributed by atoms with E-state index in [-0.39, 0.29) is 6.67 Å². The maximum atomic E-state index is 12.7. The molecule has 0 bridgehead atoms. The molecule has 6 nitrogen and oxygen atoms in total. The van der Waals surface area contributed by atoms with Gasteiger partial charge in [0, 0.05) is 12.5 Å². The summed E-state index contributed by atoms with van der Waals surface area (Å²) in [6.07, 6.45) is 2.35. The Balaban J connectivity index is 1.79. The summed E-state index contributed by atoms with van der Waals surface area (Å²) in [5, 5.41) is 32.2. The number of hydroxylamine groups is 2. The van der Waals surface area contributed by atoms with Crippen LogP contribution in [0.5, 0.6) is 0 Å². The quantitative estimate of drug-likeness (QED) is 0.658. The third-order valence-corrected chi connectivity index (χ3v) is 4.73. The van der Waals surface area contributed by atoms with Gasteiger partial charge in [-0.1, -0.05) is 12.0 Å². The highest BCUT2D eigenvalue weighted by Gasteiger charge is 2.43. The predicted molar refractivity (Wildman–Crippen MR) is 69.8 cm³/mol. The maximum absolute atomic E-state index is 12.7. The molecule has 1 aliphatic carbocycles. The molecule has 2 heterocycles. The second kappa shape index (κ2) is 4.50. The lowest BCUT2D eigenvalue weighted by Gasteiger charge is -2.36. The Labute approximate surface area is 110 Å². The van der Waals surface area contributed by atoms with Gasteiger partial charge in [0.25, 0.3) is 0 Å². The molecule has 0 spiro atoms. The standard InChI is InChI=1S/C11H18N4O2S/c1-2-5-14-6-9(16)15(17,7-14)11-13-12-10(18-11)8-3-4-8/h8-9,16H,2-7H2,1H3. The molecular formula is C11H18N4O2S. The first-order chi connectivity index (χ1) is 8.63. The lowest BCUT2D eigenvalue weighted by atomic mass is 10.4. The van der Waals surface area contributed by atoms with Crippen molar-refractivity contribution in [2.75, 3.05) is 19.8 Å². The number of aliphatic hydroxyl groups excluding tert-OH is 1. The summed E-state index contributed by atoms with van der Waals surface area (Å²) in [6, 6.07) is 0. The zero-order valence-electron chi connectivity index (χ0n) is 10.4. The molecule has 3 rings (SSSR count). The topological polar surface area (TPSA) is 72.3 Å². The number of aliphatic hydroxyl groups is 1. The van der Waals surface area contributed by atoms with Gasteiger partial charge in [0.1, 0.15) is 11.7 Å². The van der Waals surface area contributed by atoms with Crippen molar-refractivity contribution >= 4 is 16.5 Å². The van der Waals surface area contributed by atoms with E-state index < -0.39 is 10.9 Å². The summed E-state index contributed by atoms with van der Waals surface area (Å²) < 4.78 is -0.746. The molecule has 1 aliphatic heterocycles. The van der Waals surface area contributed by atoms with Gasteiger partial charge in [-0.25, -0.2) is 4.90 Å². The normalized spacial score (nSPS) is 33.2. The predicted octanol–water partition coefficient (Wildman–Crippen LogP) is 1.22. The molecule has 2 fully saturated rings. The largest absolute Gasteiger partial charge is 0.623 e. The molecule has 2 unspecified atom stereocenters. The van der Waals surface area contributed by atoms with E-state index in [0.29, 0.717) is 17.6 Å². The Morgan fingerprint density at radius 2 is 2.28 bits per heavy atom. The van der Waals surface area contributed by atoms with E-state index in [0.717, 1.165) is 30.8 Å². The summed E-state index contributed by atoms with van der Waals surface area (Å²) in [4.78, 5) is 2.00. The van der Waals surface area contributed by atoms with Crippen LogP contribution < -0.4 is 4.65 Å². The Morgan fingerprint density at radius 1 is 1.50 bits per heavy atom. The van der Waals surface area contributed by atoms with Crippen LogP contribution in [0.3, 0.4) is 0 Å². The van der Waals surface area contributed by atoms with Crippen molar-refractivity contribution < 1.29 is 5.11 Å². The van der Waals surface area contributed by atoms with Crippen molar-refractivity contribution in [2.24, 2.45) is 0 Å². The average molecular weight is 270 g/mol. The number of hydrogen-bond acceptors (Lipinski definition) is 6. The van der Waals surface area contributed by atoms with Crippen LogP contribution in [0, 0.1) is 5.21 Å². The molecule has 0 aromatic carbocycles. The van der Waals surface area contributed by atoms with E-state index in [1.165, 1.54) is 11.3 Å². The summed E-state index contributed by atoms with van der Waals surface area (Å²) in [5.41, 5.74) is 0. The Hall–Kier alpha value is -0.600. The van der Waals surface area contributed by atoms with E-state index in [9.17, 15) is 10.3 Å². The van der Waals surface area contributed by atoms with Gasteiger partial charge in [0.2, 0.25) is 6.23 Å². The third-order valence-electron chi connectivity index (χ3n) is 3.53. The van der Waals surface area contributed by atoms with E-state index in [1.807, 2.05) is 4.90 Å². The molecule has 1 aromatic heterocycles. The molecule has 1 saturated heterocycles. The van der Waals surface area contributed by atoms with Crippen molar-refractivity contribution in [3.8, 4) is 0 Å². The van der Waals surface area contributed by atoms with Crippen LogP contribution in [-0.2, 0) is 0 Å². The van der Waals surface area contributed by atoms with Crippen LogP contribution >= 0.6 is 11.3 Å². The molecule has 1 saturated carbocycles. The molecule has 18 heavy (non-hydrogen) atoms. The van der Waals surface area contributed by atoms with Crippen molar-refractivity contribution in [1.82, 2.24) is 19.7 Å². The fourth-order valence-electron chi connectivity index (χ4n) is 2.35. The van der Waals surface area contributed by atoms with Crippen molar-refractivity contribution in [1.29, 1.82) is 0 Å². The first-order valence-corrected chi connectivity index (χ1v) is 7.28. The fourth-order valence-corrected chi connectivity index (χ4v) is 3.44. The van der Waals surface area contributed by atoms with E-state index in [2.05, 4.69) is 17.1 Å². The zero-order chi connectivity index (χ0) is 12.8. The van der Waals surface area contributed by atoms with Crippen LogP contribution in [0.15, 0.2) is 0 Å². The van der Waals surface area contributed by atoms with Crippen LogP contribution in [0.2, 0.25) is 0 Å². The molecule has 0 amide bonds. The number of nitrogens with zero attached hydrogens (tertiary/aromatic N) is 4. The van der Waals surface area contributed by atoms with Gasteiger partial charge in [-0.3, -0.25) is 4.65 Å². The second-order valence-corrected chi connectivity index (χ2v) is 6.18. The number of rotatable bonds is 4. The Morgan fingerprint density at radius 3 is 2.94 bits per heavy atom. The smallest absolute Gasteiger partial charge is 0.309 e. The van der Waals surface area contributed by atoms with Crippen molar-refractivity contribution in [3.05, 3.63) is 10.2 Å². The van der Waals surface area contributed by atoms with Crippen LogP contribution in [-0.4, -0.2) is 46.2 Å². The zero-order valence-corrected chi connectivity index (χ0v) is 11.3. The van der Waals surface area contributed by atoms with Gasteiger partial charge in [-0.2, -0.15) is 0 Å². The average Bonchev–Trinajstić information content (AvgIpc) is 2.98. The SMILES string of the molecule is CCCN1CC(O)[N+]([O-])(c2nnc(C3CC3)s2)C1. The first-order valence-electron chi connectivity index (χ1n) is 6.46. The number of quaternary nitrogens is 1. The highest BCUT2D eigenvalue weighted by atomic mass is 32.1. The fraction of sp³-hybridized carbons (Fsp3) is 0.818. The van der Waals surface area contributed by atoms with Gasteiger partial charge in [-0.05, 0) is 30.6 Å². The van der Waals surface area contributed by atoms with Gasteiger partial charge in [0.15, 0.2) is 0 Å². The summed E-state index contributed by atoms with van der Waals surface area (Å²) >= 11 is 1.37. The highest BCUT2D eigenvalue weighted by Crippen LogP contribution is 2.44. The molecule has 2 aliphatic rings. The van der Waals surface area contributed by atoms with Gasteiger partial charge >= 0.3 is 5.13 Å². The van der Waals surface area contributed by atoms with E-state index in [1.54, 1.807) is 0 Å². The van der Waals surface area contributed by atoms with Crippen molar-refractivity contribution in [2.45, 2.75) is 38.3 Å². The monoisotopic (exact) mass is 270 g/mol. The number of β-amino-alcohol motifs (C(OH)–C–C–N with tert-alkyl or cyclic N) is 1. The molecule has 1 aromatic rings. The van der Waals surface area contributed by atoms with Crippen LogP contribution in [0.25, 0.3) is 0 Å². The third kappa shape index (κ3) is 2.06. The van der Waals surface area contributed by atoms with E-state index >= 15 is 0 Å². The maximum Gasteiger partial charge on any atom is 0.309 e. The van der Waals surface area contributed by atoms with Crippen LogP contribution in [0.4, 0.5) is 5.13 Å².